The van der Waals surface area contributed by atoms with E-state index < -0.39 is 0 Å². The summed E-state index contributed by atoms with van der Waals surface area (Å²) in [7, 11) is 0. The molecule has 0 N–H and O–H groups in total. The van der Waals surface area contributed by atoms with E-state index in [0.717, 1.165) is 25.5 Å². The van der Waals surface area contributed by atoms with Gasteiger partial charge in [-0.05, 0) is 48.9 Å². The number of halogens is 3. The van der Waals surface area contributed by atoms with E-state index in [4.69, 9.17) is 16.0 Å². The van der Waals surface area contributed by atoms with Gasteiger partial charge in [0.25, 0.3) is 0 Å². The molecule has 0 unspecified atom stereocenters. The van der Waals surface area contributed by atoms with E-state index in [1.54, 1.807) is 24.3 Å². The summed E-state index contributed by atoms with van der Waals surface area (Å²) in [6.07, 6.45) is 0. The summed E-state index contributed by atoms with van der Waals surface area (Å²) in [4.78, 5) is 12.5. The SMILES string of the molecule is Cc1cc(Br)cc2cc(C(=O)c3ccc(Br)cc3Cl)oc12. The van der Waals surface area contributed by atoms with Crippen molar-refractivity contribution < 1.29 is 9.21 Å². The first-order valence-corrected chi connectivity index (χ1v) is 8.11. The van der Waals surface area contributed by atoms with Gasteiger partial charge < -0.3 is 4.42 Å². The normalized spacial score (nSPS) is 11.0. The van der Waals surface area contributed by atoms with Crippen molar-refractivity contribution in [2.75, 3.05) is 0 Å². The predicted octanol–water partition coefficient (Wildman–Crippen LogP) is 6.15. The number of hydrogen-bond donors (Lipinski definition) is 0. The smallest absolute Gasteiger partial charge is 0.229 e. The van der Waals surface area contributed by atoms with Crippen LogP contribution in [-0.4, -0.2) is 5.78 Å². The van der Waals surface area contributed by atoms with Crippen molar-refractivity contribution in [1.82, 2.24) is 0 Å². The summed E-state index contributed by atoms with van der Waals surface area (Å²) >= 11 is 12.9. The average Bonchev–Trinajstić information content (AvgIpc) is 2.82. The highest BCUT2D eigenvalue weighted by molar-refractivity contribution is 9.10. The molecule has 0 bridgehead atoms. The molecule has 3 aromatic rings. The Morgan fingerprint density at radius 3 is 2.57 bits per heavy atom. The summed E-state index contributed by atoms with van der Waals surface area (Å²) in [5.74, 6) is 0.0645. The second kappa shape index (κ2) is 5.59. The zero-order valence-electron chi connectivity index (χ0n) is 10.9. The van der Waals surface area contributed by atoms with Crippen molar-refractivity contribution in [3.8, 4) is 0 Å². The largest absolute Gasteiger partial charge is 0.452 e. The van der Waals surface area contributed by atoms with Gasteiger partial charge >= 0.3 is 0 Å². The molecular weight excluding hydrogens is 419 g/mol. The topological polar surface area (TPSA) is 30.2 Å². The molecule has 1 aromatic heterocycles. The zero-order valence-corrected chi connectivity index (χ0v) is 14.8. The van der Waals surface area contributed by atoms with Crippen LogP contribution in [-0.2, 0) is 0 Å². The fraction of sp³-hybridized carbons (Fsp3) is 0.0625. The lowest BCUT2D eigenvalue weighted by Gasteiger charge is -2.01. The highest BCUT2D eigenvalue weighted by Gasteiger charge is 2.18. The number of rotatable bonds is 2. The average molecular weight is 429 g/mol. The molecule has 5 heteroatoms. The van der Waals surface area contributed by atoms with E-state index in [2.05, 4.69) is 31.9 Å². The summed E-state index contributed by atoms with van der Waals surface area (Å²) in [6.45, 7) is 1.94. The molecule has 0 saturated carbocycles. The Labute approximate surface area is 143 Å². The quantitative estimate of drug-likeness (QED) is 0.458. The molecule has 0 aliphatic heterocycles. The maximum absolute atomic E-state index is 12.5. The summed E-state index contributed by atoms with van der Waals surface area (Å²) < 4.78 is 7.49. The molecule has 106 valence electrons. The molecule has 0 atom stereocenters. The van der Waals surface area contributed by atoms with E-state index in [-0.39, 0.29) is 11.5 Å². The van der Waals surface area contributed by atoms with Crippen molar-refractivity contribution in [3.05, 3.63) is 67.3 Å². The molecule has 3 rings (SSSR count). The van der Waals surface area contributed by atoms with Crippen LogP contribution in [0.4, 0.5) is 0 Å². The van der Waals surface area contributed by atoms with Gasteiger partial charge in [-0.3, -0.25) is 4.79 Å². The number of benzene rings is 2. The van der Waals surface area contributed by atoms with Crippen LogP contribution in [0.1, 0.15) is 21.7 Å². The molecule has 0 fully saturated rings. The lowest BCUT2D eigenvalue weighted by Crippen LogP contribution is -2.00. The number of ketones is 1. The number of aryl methyl sites for hydroxylation is 1. The van der Waals surface area contributed by atoms with E-state index in [1.165, 1.54) is 0 Å². The first-order valence-electron chi connectivity index (χ1n) is 6.15. The lowest BCUT2D eigenvalue weighted by atomic mass is 10.1. The van der Waals surface area contributed by atoms with Gasteiger partial charge in [-0.25, -0.2) is 0 Å². The summed E-state index contributed by atoms with van der Waals surface area (Å²) in [5, 5.41) is 1.28. The number of carbonyl (C=O) groups excluding carboxylic acids is 1. The van der Waals surface area contributed by atoms with Gasteiger partial charge in [-0.15, -0.1) is 0 Å². The van der Waals surface area contributed by atoms with Gasteiger partial charge in [0.2, 0.25) is 5.78 Å². The monoisotopic (exact) mass is 426 g/mol. The van der Waals surface area contributed by atoms with E-state index in [0.29, 0.717) is 10.6 Å². The van der Waals surface area contributed by atoms with E-state index in [1.807, 2.05) is 19.1 Å². The second-order valence-electron chi connectivity index (χ2n) is 4.70. The van der Waals surface area contributed by atoms with Crippen molar-refractivity contribution in [2.45, 2.75) is 6.92 Å². The van der Waals surface area contributed by atoms with Gasteiger partial charge in [-0.2, -0.15) is 0 Å². The number of fused-ring (bicyclic) bond motifs is 1. The Bertz CT molecular complexity index is 868. The van der Waals surface area contributed by atoms with E-state index in [9.17, 15) is 4.79 Å². The third-order valence-corrected chi connectivity index (χ3v) is 4.43. The first-order chi connectivity index (χ1) is 9.95. The minimum Gasteiger partial charge on any atom is -0.452 e. The molecule has 2 aromatic carbocycles. The fourth-order valence-corrected chi connectivity index (χ4v) is 3.55. The van der Waals surface area contributed by atoms with Crippen LogP contribution in [0.5, 0.6) is 0 Å². The molecule has 0 aliphatic rings. The molecule has 0 radical (unpaired) electrons. The number of hydrogen-bond acceptors (Lipinski definition) is 2. The van der Waals surface area contributed by atoms with Crippen molar-refractivity contribution in [3.63, 3.8) is 0 Å². The Kier molecular flexibility index (Phi) is 3.95. The van der Waals surface area contributed by atoms with Gasteiger partial charge in [-0.1, -0.05) is 43.5 Å². The van der Waals surface area contributed by atoms with Gasteiger partial charge in [0.1, 0.15) is 5.58 Å². The van der Waals surface area contributed by atoms with Crippen LogP contribution in [0.25, 0.3) is 11.0 Å². The highest BCUT2D eigenvalue weighted by atomic mass is 79.9. The van der Waals surface area contributed by atoms with Crippen LogP contribution >= 0.6 is 43.5 Å². The Morgan fingerprint density at radius 1 is 1.10 bits per heavy atom. The highest BCUT2D eigenvalue weighted by Crippen LogP contribution is 2.30. The van der Waals surface area contributed by atoms with Crippen LogP contribution in [0, 0.1) is 6.92 Å². The minimum absolute atomic E-state index is 0.223. The Hall–Kier alpha value is -1.10. The van der Waals surface area contributed by atoms with Gasteiger partial charge in [0.05, 0.1) is 5.02 Å². The standard InChI is InChI=1S/C16H9Br2ClO2/c1-8-4-11(18)5-9-6-14(21-16(8)9)15(20)12-3-2-10(17)7-13(12)19/h2-7H,1H3. The Morgan fingerprint density at radius 2 is 1.86 bits per heavy atom. The van der Waals surface area contributed by atoms with Crippen molar-refractivity contribution in [2.24, 2.45) is 0 Å². The van der Waals surface area contributed by atoms with Gasteiger partial charge in [0, 0.05) is 19.9 Å². The molecular formula is C16H9Br2ClO2. The predicted molar refractivity (Wildman–Crippen MR) is 91.2 cm³/mol. The lowest BCUT2D eigenvalue weighted by molar-refractivity contribution is 0.101. The first kappa shape index (κ1) is 14.8. The number of carbonyl (C=O) groups is 1. The summed E-state index contributed by atoms with van der Waals surface area (Å²) in [5.41, 5.74) is 2.12. The third-order valence-electron chi connectivity index (χ3n) is 3.17. The maximum atomic E-state index is 12.5. The Balaban J connectivity index is 2.11. The van der Waals surface area contributed by atoms with Gasteiger partial charge in [0.15, 0.2) is 5.76 Å². The number of furan rings is 1. The fourth-order valence-electron chi connectivity index (χ4n) is 2.20. The van der Waals surface area contributed by atoms with Crippen LogP contribution in [0.15, 0.2) is 49.8 Å². The molecule has 0 saturated heterocycles. The maximum Gasteiger partial charge on any atom is 0.229 e. The van der Waals surface area contributed by atoms with Crippen LogP contribution in [0.2, 0.25) is 5.02 Å². The zero-order chi connectivity index (χ0) is 15.1. The van der Waals surface area contributed by atoms with E-state index >= 15 is 0 Å². The second-order valence-corrected chi connectivity index (χ2v) is 6.94. The van der Waals surface area contributed by atoms with Crippen LogP contribution < -0.4 is 0 Å². The van der Waals surface area contributed by atoms with Crippen molar-refractivity contribution >= 4 is 60.2 Å². The summed E-state index contributed by atoms with van der Waals surface area (Å²) in [6, 6.07) is 10.8. The molecule has 1 heterocycles. The third kappa shape index (κ3) is 2.80. The minimum atomic E-state index is -0.223. The molecule has 0 spiro atoms. The molecule has 2 nitrogen and oxygen atoms in total. The van der Waals surface area contributed by atoms with Crippen LogP contribution in [0.3, 0.4) is 0 Å². The van der Waals surface area contributed by atoms with Crippen molar-refractivity contribution in [1.29, 1.82) is 0 Å². The molecule has 0 amide bonds. The molecule has 0 aliphatic carbocycles. The molecule has 21 heavy (non-hydrogen) atoms.